The Hall–Kier alpha value is -0.570. The van der Waals surface area contributed by atoms with Gasteiger partial charge in [0.05, 0.1) is 12.7 Å². The molecule has 0 radical (unpaired) electrons. The molecule has 0 aromatic heterocycles. The van der Waals surface area contributed by atoms with Crippen molar-refractivity contribution in [2.24, 2.45) is 17.3 Å². The molecule has 3 rings (SSSR count). The van der Waals surface area contributed by atoms with E-state index >= 15 is 0 Å². The highest BCUT2D eigenvalue weighted by atomic mass is 16.2. The summed E-state index contributed by atoms with van der Waals surface area (Å²) in [5.74, 6) is 1.74. The lowest BCUT2D eigenvalue weighted by Crippen LogP contribution is -2.45. The number of nitrogens with zero attached hydrogens (tertiary/aromatic N) is 1. The van der Waals surface area contributed by atoms with Gasteiger partial charge in [-0.05, 0) is 42.9 Å². The van der Waals surface area contributed by atoms with Crippen molar-refractivity contribution in [1.82, 2.24) is 10.2 Å². The third-order valence-electron chi connectivity index (χ3n) is 5.57. The highest BCUT2D eigenvalue weighted by molar-refractivity contribution is 5.80. The molecule has 1 N–H and O–H groups in total. The molecule has 0 spiro atoms. The van der Waals surface area contributed by atoms with Gasteiger partial charge in [0.25, 0.3) is 0 Å². The minimum absolute atomic E-state index is 0.332. The fraction of sp³-hybridized carbons (Fsp3) is 0.933. The van der Waals surface area contributed by atoms with Gasteiger partial charge < -0.3 is 4.90 Å². The van der Waals surface area contributed by atoms with Crippen LogP contribution >= 0.6 is 0 Å². The fourth-order valence-corrected chi connectivity index (χ4v) is 3.86. The van der Waals surface area contributed by atoms with Gasteiger partial charge in [0.1, 0.15) is 0 Å². The predicted octanol–water partition coefficient (Wildman–Crippen LogP) is 2.37. The summed E-state index contributed by atoms with van der Waals surface area (Å²) in [6.07, 6.45) is 8.26. The van der Waals surface area contributed by atoms with E-state index in [9.17, 15) is 4.79 Å². The molecule has 1 aliphatic heterocycles. The first-order chi connectivity index (χ1) is 8.62. The van der Waals surface area contributed by atoms with Crippen molar-refractivity contribution in [2.45, 2.75) is 58.5 Å². The van der Waals surface area contributed by atoms with E-state index in [2.05, 4.69) is 24.1 Å². The van der Waals surface area contributed by atoms with Gasteiger partial charge in [-0.15, -0.1) is 0 Å². The standard InChI is InChI=1S/C15H26N2O/c1-11(2)15(7-8-15)10-17-13(18)9-16-14(17)12-5-3-4-6-12/h11-12,14,16H,3-10H2,1-2H3. The molecule has 0 aromatic carbocycles. The van der Waals surface area contributed by atoms with Crippen LogP contribution in [0.25, 0.3) is 0 Å². The van der Waals surface area contributed by atoms with Crippen molar-refractivity contribution in [3.05, 3.63) is 0 Å². The molecular formula is C15H26N2O. The average molecular weight is 250 g/mol. The van der Waals surface area contributed by atoms with Gasteiger partial charge in [-0.3, -0.25) is 10.1 Å². The van der Waals surface area contributed by atoms with Crippen LogP contribution in [0.5, 0.6) is 0 Å². The quantitative estimate of drug-likeness (QED) is 0.831. The summed E-state index contributed by atoms with van der Waals surface area (Å²) < 4.78 is 0. The number of carbonyl (C=O) groups excluding carboxylic acids is 1. The Bertz CT molecular complexity index is 329. The van der Waals surface area contributed by atoms with Crippen molar-refractivity contribution in [2.75, 3.05) is 13.1 Å². The first-order valence-corrected chi connectivity index (χ1v) is 7.65. The SMILES string of the molecule is CC(C)C1(CN2C(=O)CNC2C2CCCC2)CC1. The maximum Gasteiger partial charge on any atom is 0.237 e. The lowest BCUT2D eigenvalue weighted by atomic mass is 9.91. The Morgan fingerprint density at radius 3 is 2.56 bits per heavy atom. The maximum absolute atomic E-state index is 12.1. The number of amides is 1. The third-order valence-corrected chi connectivity index (χ3v) is 5.57. The number of nitrogens with one attached hydrogen (secondary N) is 1. The van der Waals surface area contributed by atoms with E-state index < -0.39 is 0 Å². The number of hydrogen-bond acceptors (Lipinski definition) is 2. The zero-order valence-corrected chi connectivity index (χ0v) is 11.7. The summed E-state index contributed by atoms with van der Waals surface area (Å²) in [7, 11) is 0. The second-order valence-electron chi connectivity index (χ2n) is 6.91. The molecule has 2 saturated carbocycles. The van der Waals surface area contributed by atoms with E-state index in [0.29, 0.717) is 35.9 Å². The number of carbonyl (C=O) groups is 1. The zero-order valence-electron chi connectivity index (χ0n) is 11.7. The Balaban J connectivity index is 1.69. The molecular weight excluding hydrogens is 224 g/mol. The van der Waals surface area contributed by atoms with Crippen molar-refractivity contribution >= 4 is 5.91 Å². The molecule has 2 aliphatic carbocycles. The summed E-state index contributed by atoms with van der Waals surface area (Å²) in [5.41, 5.74) is 0.443. The Morgan fingerprint density at radius 1 is 1.33 bits per heavy atom. The van der Waals surface area contributed by atoms with Gasteiger partial charge >= 0.3 is 0 Å². The monoisotopic (exact) mass is 250 g/mol. The van der Waals surface area contributed by atoms with E-state index in [-0.39, 0.29) is 0 Å². The summed E-state index contributed by atoms with van der Waals surface area (Å²) in [5, 5.41) is 3.46. The Morgan fingerprint density at radius 2 is 2.00 bits per heavy atom. The highest BCUT2D eigenvalue weighted by Gasteiger charge is 2.50. The second kappa shape index (κ2) is 4.52. The van der Waals surface area contributed by atoms with Gasteiger partial charge in [-0.2, -0.15) is 0 Å². The molecule has 0 aromatic rings. The van der Waals surface area contributed by atoms with Crippen LogP contribution in [0.15, 0.2) is 0 Å². The summed E-state index contributed by atoms with van der Waals surface area (Å²) >= 11 is 0. The lowest BCUT2D eigenvalue weighted by molar-refractivity contribution is -0.129. The molecule has 1 saturated heterocycles. The molecule has 3 aliphatic rings. The summed E-state index contributed by atoms with van der Waals surface area (Å²) in [6.45, 7) is 6.18. The Labute approximate surface area is 110 Å². The molecule has 3 fully saturated rings. The minimum atomic E-state index is 0.332. The van der Waals surface area contributed by atoms with Crippen LogP contribution in [0.1, 0.15) is 52.4 Å². The predicted molar refractivity (Wildman–Crippen MR) is 72.0 cm³/mol. The maximum atomic E-state index is 12.1. The van der Waals surface area contributed by atoms with Gasteiger partial charge in [0.2, 0.25) is 5.91 Å². The van der Waals surface area contributed by atoms with Gasteiger partial charge in [-0.25, -0.2) is 0 Å². The Kier molecular flexibility index (Phi) is 3.13. The van der Waals surface area contributed by atoms with Crippen molar-refractivity contribution in [3.8, 4) is 0 Å². The first kappa shape index (κ1) is 12.5. The molecule has 3 nitrogen and oxygen atoms in total. The van der Waals surface area contributed by atoms with Gasteiger partial charge in [0.15, 0.2) is 0 Å². The molecule has 18 heavy (non-hydrogen) atoms. The molecule has 1 unspecified atom stereocenters. The van der Waals surface area contributed by atoms with Crippen LogP contribution in [-0.2, 0) is 4.79 Å². The van der Waals surface area contributed by atoms with Crippen molar-refractivity contribution in [3.63, 3.8) is 0 Å². The van der Waals surface area contributed by atoms with E-state index in [1.807, 2.05) is 0 Å². The van der Waals surface area contributed by atoms with Crippen LogP contribution in [0.4, 0.5) is 0 Å². The molecule has 1 heterocycles. The summed E-state index contributed by atoms with van der Waals surface area (Å²) in [4.78, 5) is 14.3. The second-order valence-corrected chi connectivity index (χ2v) is 6.91. The smallest absolute Gasteiger partial charge is 0.237 e. The van der Waals surface area contributed by atoms with E-state index in [4.69, 9.17) is 0 Å². The molecule has 0 bridgehead atoms. The zero-order chi connectivity index (χ0) is 12.8. The van der Waals surface area contributed by atoms with Crippen LogP contribution < -0.4 is 5.32 Å². The largest absolute Gasteiger partial charge is 0.325 e. The highest BCUT2D eigenvalue weighted by Crippen LogP contribution is 2.53. The topological polar surface area (TPSA) is 32.3 Å². The van der Waals surface area contributed by atoms with Crippen LogP contribution in [0.3, 0.4) is 0 Å². The third kappa shape index (κ3) is 2.07. The molecule has 102 valence electrons. The minimum Gasteiger partial charge on any atom is -0.325 e. The fourth-order valence-electron chi connectivity index (χ4n) is 3.86. The summed E-state index contributed by atoms with van der Waals surface area (Å²) in [6, 6.07) is 0. The van der Waals surface area contributed by atoms with Crippen molar-refractivity contribution < 1.29 is 4.79 Å². The normalized spacial score (nSPS) is 31.6. The average Bonchev–Trinajstić information content (AvgIpc) is 2.77. The first-order valence-electron chi connectivity index (χ1n) is 7.65. The van der Waals surface area contributed by atoms with Gasteiger partial charge in [-0.1, -0.05) is 26.7 Å². The van der Waals surface area contributed by atoms with E-state index in [1.54, 1.807) is 0 Å². The number of hydrogen-bond donors (Lipinski definition) is 1. The molecule has 1 atom stereocenters. The number of rotatable bonds is 4. The van der Waals surface area contributed by atoms with Gasteiger partial charge in [0, 0.05) is 6.54 Å². The van der Waals surface area contributed by atoms with Crippen molar-refractivity contribution in [1.29, 1.82) is 0 Å². The van der Waals surface area contributed by atoms with Crippen LogP contribution in [0, 0.1) is 17.3 Å². The molecule has 1 amide bonds. The molecule has 3 heteroatoms. The lowest BCUT2D eigenvalue weighted by Gasteiger charge is -2.33. The van der Waals surface area contributed by atoms with E-state index in [1.165, 1.54) is 38.5 Å². The van der Waals surface area contributed by atoms with Crippen LogP contribution in [0.2, 0.25) is 0 Å². The van der Waals surface area contributed by atoms with E-state index in [0.717, 1.165) is 6.54 Å². The van der Waals surface area contributed by atoms with Crippen LogP contribution in [-0.4, -0.2) is 30.1 Å².